The molecule has 14 heavy (non-hydrogen) atoms. The van der Waals surface area contributed by atoms with Gasteiger partial charge in [0, 0.05) is 12.0 Å². The van der Waals surface area contributed by atoms with E-state index in [1.807, 2.05) is 7.05 Å². The van der Waals surface area contributed by atoms with Crippen molar-refractivity contribution in [3.63, 3.8) is 0 Å². The summed E-state index contributed by atoms with van der Waals surface area (Å²) in [6.07, 6.45) is 2.52. The Balaban J connectivity index is 4.00. The largest absolute Gasteiger partial charge is 0.449 e. The molecule has 0 radical (unpaired) electrons. The summed E-state index contributed by atoms with van der Waals surface area (Å²) < 4.78 is 4.82. The van der Waals surface area contributed by atoms with Gasteiger partial charge in [0.15, 0.2) is 0 Å². The maximum absolute atomic E-state index is 10.5. The molecule has 0 spiro atoms. The summed E-state index contributed by atoms with van der Waals surface area (Å²) in [6, 6.07) is 0.407. The van der Waals surface area contributed by atoms with Crippen molar-refractivity contribution < 1.29 is 9.53 Å². The van der Waals surface area contributed by atoms with E-state index in [1.165, 1.54) is 0 Å². The predicted molar refractivity (Wildman–Crippen MR) is 57.1 cm³/mol. The fourth-order valence-electron chi connectivity index (χ4n) is 1.63. The zero-order valence-corrected chi connectivity index (χ0v) is 9.38. The van der Waals surface area contributed by atoms with E-state index < -0.39 is 6.09 Å². The zero-order valence-electron chi connectivity index (χ0n) is 9.38. The maximum atomic E-state index is 10.5. The molecule has 84 valence electrons. The van der Waals surface area contributed by atoms with Gasteiger partial charge in [0.25, 0.3) is 0 Å². The Bertz CT molecular complexity index is 162. The van der Waals surface area contributed by atoms with Gasteiger partial charge in [-0.15, -0.1) is 0 Å². The first-order valence-electron chi connectivity index (χ1n) is 5.25. The number of hydrogen-bond donors (Lipinski definition) is 2. The average molecular weight is 202 g/mol. The SMILES string of the molecule is CCCC(NC)C(CC)COC(N)=O. The molecule has 2 unspecified atom stereocenters. The summed E-state index contributed by atoms with van der Waals surface area (Å²) in [5.41, 5.74) is 4.93. The molecule has 4 heteroatoms. The van der Waals surface area contributed by atoms with Crippen molar-refractivity contribution in [2.75, 3.05) is 13.7 Å². The second-order valence-electron chi connectivity index (χ2n) is 3.48. The normalized spacial score (nSPS) is 14.8. The van der Waals surface area contributed by atoms with Crippen LogP contribution in [0.15, 0.2) is 0 Å². The van der Waals surface area contributed by atoms with E-state index >= 15 is 0 Å². The monoisotopic (exact) mass is 202 g/mol. The first-order chi connectivity index (χ1) is 6.65. The van der Waals surface area contributed by atoms with Gasteiger partial charge in [-0.2, -0.15) is 0 Å². The number of ether oxygens (including phenoxy) is 1. The maximum Gasteiger partial charge on any atom is 0.404 e. The summed E-state index contributed by atoms with van der Waals surface area (Å²) in [5, 5.41) is 3.25. The Morgan fingerprint density at radius 3 is 2.50 bits per heavy atom. The molecule has 0 bridgehead atoms. The summed E-state index contributed by atoms with van der Waals surface area (Å²) in [6.45, 7) is 4.65. The number of nitrogens with one attached hydrogen (secondary N) is 1. The third kappa shape index (κ3) is 5.07. The molecule has 2 atom stereocenters. The third-order valence-electron chi connectivity index (χ3n) is 2.50. The number of carbonyl (C=O) groups excluding carboxylic acids is 1. The van der Waals surface area contributed by atoms with E-state index in [1.54, 1.807) is 0 Å². The summed E-state index contributed by atoms with van der Waals surface area (Å²) in [4.78, 5) is 10.5. The molecule has 1 amide bonds. The summed E-state index contributed by atoms with van der Waals surface area (Å²) in [5.74, 6) is 0.354. The predicted octanol–water partition coefficient (Wildman–Crippen LogP) is 1.50. The topological polar surface area (TPSA) is 64.3 Å². The number of nitrogens with two attached hydrogens (primary N) is 1. The first-order valence-corrected chi connectivity index (χ1v) is 5.25. The average Bonchev–Trinajstić information content (AvgIpc) is 2.16. The Labute approximate surface area is 86.2 Å². The second kappa shape index (κ2) is 7.62. The molecule has 0 saturated carbocycles. The van der Waals surface area contributed by atoms with E-state index in [2.05, 4.69) is 19.2 Å². The Hall–Kier alpha value is -0.770. The highest BCUT2D eigenvalue weighted by molar-refractivity contribution is 5.64. The number of amides is 1. The summed E-state index contributed by atoms with van der Waals surface area (Å²) >= 11 is 0. The quantitative estimate of drug-likeness (QED) is 0.657. The third-order valence-corrected chi connectivity index (χ3v) is 2.50. The van der Waals surface area contributed by atoms with Gasteiger partial charge in [-0.3, -0.25) is 0 Å². The van der Waals surface area contributed by atoms with Crippen molar-refractivity contribution in [1.82, 2.24) is 5.32 Å². The highest BCUT2D eigenvalue weighted by Crippen LogP contribution is 2.13. The molecule has 0 aromatic rings. The van der Waals surface area contributed by atoms with Crippen molar-refractivity contribution in [3.05, 3.63) is 0 Å². The lowest BCUT2D eigenvalue weighted by Gasteiger charge is -2.24. The van der Waals surface area contributed by atoms with E-state index in [0.717, 1.165) is 19.3 Å². The van der Waals surface area contributed by atoms with E-state index in [-0.39, 0.29) is 0 Å². The highest BCUT2D eigenvalue weighted by atomic mass is 16.5. The highest BCUT2D eigenvalue weighted by Gasteiger charge is 2.18. The molecular weight excluding hydrogens is 180 g/mol. The summed E-state index contributed by atoms with van der Waals surface area (Å²) in [7, 11) is 1.94. The lowest BCUT2D eigenvalue weighted by molar-refractivity contribution is 0.122. The van der Waals surface area contributed by atoms with Crippen molar-refractivity contribution >= 4 is 6.09 Å². The van der Waals surface area contributed by atoms with Crippen LogP contribution in [0.1, 0.15) is 33.1 Å². The van der Waals surface area contributed by atoms with Gasteiger partial charge < -0.3 is 15.8 Å². The van der Waals surface area contributed by atoms with E-state index in [9.17, 15) is 4.79 Å². The Morgan fingerprint density at radius 1 is 1.50 bits per heavy atom. The van der Waals surface area contributed by atoms with Crippen molar-refractivity contribution in [1.29, 1.82) is 0 Å². The number of primary amides is 1. The molecule has 0 aromatic heterocycles. The standard InChI is InChI=1S/C10H22N2O2/c1-4-6-9(12-3)8(5-2)7-14-10(11)13/h8-9,12H,4-7H2,1-3H3,(H2,11,13). The van der Waals surface area contributed by atoms with Gasteiger partial charge in [-0.25, -0.2) is 4.79 Å². The minimum absolute atomic E-state index is 0.354. The molecule has 0 rings (SSSR count). The van der Waals surface area contributed by atoms with Crippen LogP contribution in [0.25, 0.3) is 0 Å². The van der Waals surface area contributed by atoms with Crippen LogP contribution in [0.5, 0.6) is 0 Å². The van der Waals surface area contributed by atoms with Gasteiger partial charge in [0.1, 0.15) is 0 Å². The smallest absolute Gasteiger partial charge is 0.404 e. The van der Waals surface area contributed by atoms with Gasteiger partial charge >= 0.3 is 6.09 Å². The molecule has 0 aromatic carbocycles. The molecule has 0 aliphatic rings. The molecule has 0 aliphatic carbocycles. The van der Waals surface area contributed by atoms with Crippen LogP contribution in [0.2, 0.25) is 0 Å². The van der Waals surface area contributed by atoms with Crippen molar-refractivity contribution in [3.8, 4) is 0 Å². The lowest BCUT2D eigenvalue weighted by Crippen LogP contribution is -2.36. The minimum atomic E-state index is -0.685. The molecule has 4 nitrogen and oxygen atoms in total. The molecule has 0 saturated heterocycles. The van der Waals surface area contributed by atoms with Gasteiger partial charge in [0.2, 0.25) is 0 Å². The van der Waals surface area contributed by atoms with Crippen LogP contribution in [-0.2, 0) is 4.74 Å². The molecule has 0 fully saturated rings. The van der Waals surface area contributed by atoms with Crippen LogP contribution in [0.3, 0.4) is 0 Å². The van der Waals surface area contributed by atoms with Gasteiger partial charge in [-0.05, 0) is 19.9 Å². The number of rotatable bonds is 7. The second-order valence-corrected chi connectivity index (χ2v) is 3.48. The zero-order chi connectivity index (χ0) is 11.0. The number of carbonyl (C=O) groups is 1. The van der Waals surface area contributed by atoms with Crippen LogP contribution >= 0.6 is 0 Å². The van der Waals surface area contributed by atoms with Crippen LogP contribution in [-0.4, -0.2) is 25.8 Å². The van der Waals surface area contributed by atoms with Crippen molar-refractivity contribution in [2.45, 2.75) is 39.2 Å². The van der Waals surface area contributed by atoms with Gasteiger partial charge in [-0.1, -0.05) is 20.3 Å². The molecule has 0 aliphatic heterocycles. The van der Waals surface area contributed by atoms with Crippen LogP contribution in [0.4, 0.5) is 4.79 Å². The lowest BCUT2D eigenvalue weighted by atomic mass is 9.94. The van der Waals surface area contributed by atoms with Crippen LogP contribution in [0, 0.1) is 5.92 Å². The van der Waals surface area contributed by atoms with Gasteiger partial charge in [0.05, 0.1) is 6.61 Å². The molecular formula is C10H22N2O2. The Kier molecular flexibility index (Phi) is 7.20. The fraction of sp³-hybridized carbons (Fsp3) is 0.900. The fourth-order valence-corrected chi connectivity index (χ4v) is 1.63. The molecule has 3 N–H and O–H groups in total. The van der Waals surface area contributed by atoms with E-state index in [0.29, 0.717) is 18.6 Å². The Morgan fingerprint density at radius 2 is 2.14 bits per heavy atom. The van der Waals surface area contributed by atoms with E-state index in [4.69, 9.17) is 10.5 Å². The van der Waals surface area contributed by atoms with Crippen molar-refractivity contribution in [2.24, 2.45) is 11.7 Å². The minimum Gasteiger partial charge on any atom is -0.449 e. The molecule has 0 heterocycles. The number of hydrogen-bond acceptors (Lipinski definition) is 3. The first kappa shape index (κ1) is 13.2. The van der Waals surface area contributed by atoms with Crippen LogP contribution < -0.4 is 11.1 Å².